The molecule has 0 aliphatic heterocycles. The zero-order valence-electron chi connectivity index (χ0n) is 14.6. The van der Waals surface area contributed by atoms with Crippen LogP contribution in [0.15, 0.2) is 72.8 Å². The molecule has 27 heavy (non-hydrogen) atoms. The molecule has 5 heteroatoms. The van der Waals surface area contributed by atoms with Gasteiger partial charge < -0.3 is 14.6 Å². The van der Waals surface area contributed by atoms with Crippen LogP contribution in [0.25, 0.3) is 11.1 Å². The summed E-state index contributed by atoms with van der Waals surface area (Å²) in [6.45, 7) is 0. The number of para-hydroxylation sites is 1. The molecule has 1 saturated carbocycles. The van der Waals surface area contributed by atoms with Gasteiger partial charge in [-0.1, -0.05) is 36.4 Å². The summed E-state index contributed by atoms with van der Waals surface area (Å²) in [5.41, 5.74) is 2.73. The van der Waals surface area contributed by atoms with Crippen molar-refractivity contribution in [2.45, 2.75) is 18.1 Å². The Labute approximate surface area is 162 Å². The van der Waals surface area contributed by atoms with E-state index < -0.39 is 5.97 Å². The number of hydrogen-bond donors (Lipinski definition) is 2. The van der Waals surface area contributed by atoms with Crippen molar-refractivity contribution in [2.75, 3.05) is 4.72 Å². The molecule has 3 aromatic rings. The fraction of sp³-hybridized carbons (Fsp3) is 0.136. The monoisotopic (exact) mass is 377 g/mol. The smallest absolute Gasteiger partial charge is 0.337 e. The van der Waals surface area contributed by atoms with Crippen molar-refractivity contribution in [3.05, 3.63) is 78.4 Å². The van der Waals surface area contributed by atoms with E-state index >= 15 is 0 Å². The highest BCUT2D eigenvalue weighted by molar-refractivity contribution is 8.01. The van der Waals surface area contributed by atoms with Crippen LogP contribution in [0.4, 0.5) is 5.69 Å². The Morgan fingerprint density at radius 3 is 2.26 bits per heavy atom. The summed E-state index contributed by atoms with van der Waals surface area (Å²) in [4.78, 5) is 11.7. The summed E-state index contributed by atoms with van der Waals surface area (Å²) in [5, 5.41) is 10.2. The third-order valence-electron chi connectivity index (χ3n) is 4.28. The molecule has 0 radical (unpaired) electrons. The number of nitrogens with one attached hydrogen (secondary N) is 1. The van der Waals surface area contributed by atoms with Gasteiger partial charge in [-0.15, -0.1) is 0 Å². The molecule has 0 amide bonds. The Bertz CT molecular complexity index is 938. The van der Waals surface area contributed by atoms with Crippen molar-refractivity contribution >= 4 is 23.6 Å². The minimum atomic E-state index is -0.931. The van der Waals surface area contributed by atoms with Crippen molar-refractivity contribution in [3.8, 4) is 22.6 Å². The molecule has 4 rings (SSSR count). The lowest BCUT2D eigenvalue weighted by atomic mass is 10.0. The molecule has 0 saturated heterocycles. The highest BCUT2D eigenvalue weighted by Gasteiger charge is 2.23. The molecule has 136 valence electrons. The number of carbonyl (C=O) groups is 1. The number of rotatable bonds is 7. The van der Waals surface area contributed by atoms with Crippen LogP contribution >= 0.6 is 11.9 Å². The molecule has 0 spiro atoms. The first-order valence-electron chi connectivity index (χ1n) is 8.81. The van der Waals surface area contributed by atoms with Crippen LogP contribution in [0.5, 0.6) is 11.5 Å². The summed E-state index contributed by atoms with van der Waals surface area (Å²) >= 11 is 1.60. The maximum atomic E-state index is 11.7. The zero-order chi connectivity index (χ0) is 18.6. The zero-order valence-corrected chi connectivity index (χ0v) is 15.4. The van der Waals surface area contributed by atoms with Gasteiger partial charge in [0.1, 0.15) is 11.5 Å². The molecule has 4 nitrogen and oxygen atoms in total. The quantitative estimate of drug-likeness (QED) is 0.490. The summed E-state index contributed by atoms with van der Waals surface area (Å²) in [6, 6.07) is 22.7. The Kier molecular flexibility index (Phi) is 5.03. The van der Waals surface area contributed by atoms with Crippen molar-refractivity contribution in [1.82, 2.24) is 0 Å². The van der Waals surface area contributed by atoms with Crippen LogP contribution in [-0.4, -0.2) is 16.3 Å². The Morgan fingerprint density at radius 1 is 0.926 bits per heavy atom. The number of carboxylic acid groups (broad SMARTS) is 1. The lowest BCUT2D eigenvalue weighted by Gasteiger charge is -2.11. The molecule has 3 aromatic carbocycles. The molecule has 2 N–H and O–H groups in total. The Hall–Kier alpha value is -2.92. The minimum absolute atomic E-state index is 0.283. The van der Waals surface area contributed by atoms with Crippen LogP contribution in [0.2, 0.25) is 0 Å². The molecule has 1 aliphatic rings. The standard InChI is InChI=1S/C22H19NO3S/c24-22(25)20-14-16(8-13-21(20)23-27-19-11-12-19)15-6-9-18(10-7-15)26-17-4-2-1-3-5-17/h1-10,13-14,19,23H,11-12H2,(H,24,25). The maximum Gasteiger partial charge on any atom is 0.337 e. The van der Waals surface area contributed by atoms with E-state index in [4.69, 9.17) is 4.74 Å². The summed E-state index contributed by atoms with van der Waals surface area (Å²) in [7, 11) is 0. The van der Waals surface area contributed by atoms with Gasteiger partial charge in [0.2, 0.25) is 0 Å². The van der Waals surface area contributed by atoms with Crippen molar-refractivity contribution in [3.63, 3.8) is 0 Å². The second kappa shape index (κ2) is 7.76. The SMILES string of the molecule is O=C(O)c1cc(-c2ccc(Oc3ccccc3)cc2)ccc1NSC1CC1. The topological polar surface area (TPSA) is 58.6 Å². The average molecular weight is 377 g/mol. The first-order chi connectivity index (χ1) is 13.2. The number of ether oxygens (including phenoxy) is 1. The normalized spacial score (nSPS) is 13.2. The highest BCUT2D eigenvalue weighted by atomic mass is 32.2. The fourth-order valence-electron chi connectivity index (χ4n) is 2.66. The van der Waals surface area contributed by atoms with Gasteiger partial charge in [-0.2, -0.15) is 0 Å². The number of anilines is 1. The predicted molar refractivity (Wildman–Crippen MR) is 110 cm³/mol. The molecule has 1 aliphatic carbocycles. The molecule has 1 fully saturated rings. The first-order valence-corrected chi connectivity index (χ1v) is 9.69. The van der Waals surface area contributed by atoms with E-state index in [-0.39, 0.29) is 5.56 Å². The van der Waals surface area contributed by atoms with Gasteiger partial charge in [-0.3, -0.25) is 0 Å². The average Bonchev–Trinajstić information content (AvgIpc) is 3.52. The molecule has 0 atom stereocenters. The number of hydrogen-bond acceptors (Lipinski definition) is 4. The maximum absolute atomic E-state index is 11.7. The lowest BCUT2D eigenvalue weighted by molar-refractivity contribution is 0.0698. The molecular weight excluding hydrogens is 358 g/mol. The van der Waals surface area contributed by atoms with Gasteiger partial charge >= 0.3 is 5.97 Å². The number of benzene rings is 3. The van der Waals surface area contributed by atoms with E-state index in [0.29, 0.717) is 10.9 Å². The van der Waals surface area contributed by atoms with E-state index in [1.807, 2.05) is 66.7 Å². The minimum Gasteiger partial charge on any atom is -0.478 e. The molecule has 0 unspecified atom stereocenters. The predicted octanol–water partition coefficient (Wildman–Crippen LogP) is 6.07. The number of carboxylic acids is 1. The Morgan fingerprint density at radius 2 is 1.59 bits per heavy atom. The highest BCUT2D eigenvalue weighted by Crippen LogP contribution is 2.36. The first kappa shape index (κ1) is 17.5. The summed E-state index contributed by atoms with van der Waals surface area (Å²) < 4.78 is 8.99. The van der Waals surface area contributed by atoms with Gasteiger partial charge in [0, 0.05) is 5.25 Å². The van der Waals surface area contributed by atoms with Crippen molar-refractivity contribution in [1.29, 1.82) is 0 Å². The van der Waals surface area contributed by atoms with Gasteiger partial charge in [0.05, 0.1) is 11.3 Å². The summed E-state index contributed by atoms with van der Waals surface area (Å²) in [5.74, 6) is 0.587. The van der Waals surface area contributed by atoms with Crippen LogP contribution < -0.4 is 9.46 Å². The van der Waals surface area contributed by atoms with Gasteiger partial charge in [0.25, 0.3) is 0 Å². The third kappa shape index (κ3) is 4.44. The van der Waals surface area contributed by atoms with Crippen molar-refractivity contribution < 1.29 is 14.6 Å². The van der Waals surface area contributed by atoms with Crippen LogP contribution in [0.3, 0.4) is 0 Å². The summed E-state index contributed by atoms with van der Waals surface area (Å²) in [6.07, 6.45) is 2.38. The van der Waals surface area contributed by atoms with Crippen LogP contribution in [0, 0.1) is 0 Å². The van der Waals surface area contributed by atoms with Crippen molar-refractivity contribution in [2.24, 2.45) is 0 Å². The number of aromatic carboxylic acids is 1. The third-order valence-corrected chi connectivity index (χ3v) is 5.42. The molecular formula is C22H19NO3S. The van der Waals surface area contributed by atoms with E-state index in [1.165, 1.54) is 12.8 Å². The second-order valence-corrected chi connectivity index (χ2v) is 7.53. The molecule has 0 heterocycles. The van der Waals surface area contributed by atoms with Crippen LogP contribution in [-0.2, 0) is 0 Å². The van der Waals surface area contributed by atoms with E-state index in [0.717, 1.165) is 22.6 Å². The second-order valence-electron chi connectivity index (χ2n) is 6.42. The van der Waals surface area contributed by atoms with E-state index in [1.54, 1.807) is 18.0 Å². The van der Waals surface area contributed by atoms with Gasteiger partial charge in [0.15, 0.2) is 0 Å². The van der Waals surface area contributed by atoms with Crippen LogP contribution in [0.1, 0.15) is 23.2 Å². The van der Waals surface area contributed by atoms with Gasteiger partial charge in [-0.25, -0.2) is 4.79 Å². The Balaban J connectivity index is 1.53. The van der Waals surface area contributed by atoms with E-state index in [9.17, 15) is 9.90 Å². The molecule has 0 aromatic heterocycles. The largest absolute Gasteiger partial charge is 0.478 e. The fourth-order valence-corrected chi connectivity index (χ4v) is 3.51. The van der Waals surface area contributed by atoms with E-state index in [2.05, 4.69) is 4.72 Å². The lowest BCUT2D eigenvalue weighted by Crippen LogP contribution is -2.02. The molecule has 0 bridgehead atoms. The van der Waals surface area contributed by atoms with Gasteiger partial charge in [-0.05, 0) is 72.3 Å².